The van der Waals surface area contributed by atoms with Gasteiger partial charge in [-0.15, -0.1) is 0 Å². The van der Waals surface area contributed by atoms with E-state index in [1.807, 2.05) is 0 Å². The number of hydrogen-bond donors (Lipinski definition) is 1. The zero-order valence-electron chi connectivity index (χ0n) is 9.41. The molecule has 0 aliphatic heterocycles. The number of nitrogens with zero attached hydrogens (tertiary/aromatic N) is 1. The molecule has 0 aliphatic rings. The van der Waals surface area contributed by atoms with Gasteiger partial charge in [0.25, 0.3) is 0 Å². The maximum absolute atomic E-state index is 12.9. The number of halogens is 4. The van der Waals surface area contributed by atoms with Crippen LogP contribution in [0.2, 0.25) is 5.02 Å². The van der Waals surface area contributed by atoms with Crippen LogP contribution in [0.25, 0.3) is 0 Å². The van der Waals surface area contributed by atoms with Crippen molar-refractivity contribution in [3.05, 3.63) is 47.1 Å². The number of alkyl halides is 3. The summed E-state index contributed by atoms with van der Waals surface area (Å²) in [6.07, 6.45) is -3.22. The molecule has 0 saturated carbocycles. The number of nitrogens with two attached hydrogens (primary N) is 1. The Morgan fingerprint density at radius 2 is 1.95 bits per heavy atom. The van der Waals surface area contributed by atoms with Crippen molar-refractivity contribution < 1.29 is 17.9 Å². The van der Waals surface area contributed by atoms with Crippen LogP contribution in [0.1, 0.15) is 5.56 Å². The Balaban J connectivity index is 2.50. The number of ether oxygens (including phenoxy) is 1. The summed E-state index contributed by atoms with van der Waals surface area (Å²) in [4.78, 5) is 3.78. The average Bonchev–Trinajstić information content (AvgIpc) is 2.32. The van der Waals surface area contributed by atoms with Crippen LogP contribution in [-0.4, -0.2) is 4.98 Å². The first-order chi connectivity index (χ1) is 8.88. The first kappa shape index (κ1) is 13.5. The molecule has 0 bridgehead atoms. The summed E-state index contributed by atoms with van der Waals surface area (Å²) >= 11 is 5.58. The zero-order valence-corrected chi connectivity index (χ0v) is 10.2. The molecule has 2 rings (SSSR count). The molecule has 1 heterocycles. The van der Waals surface area contributed by atoms with Gasteiger partial charge in [0.05, 0.1) is 5.69 Å². The summed E-state index contributed by atoms with van der Waals surface area (Å²) in [5.41, 5.74) is 4.29. The third-order valence-corrected chi connectivity index (χ3v) is 2.45. The van der Waals surface area contributed by atoms with Gasteiger partial charge in [-0.1, -0.05) is 17.7 Å². The van der Waals surface area contributed by atoms with Crippen molar-refractivity contribution in [2.24, 2.45) is 0 Å². The number of anilines is 1. The minimum absolute atomic E-state index is 0.0158. The van der Waals surface area contributed by atoms with Crippen LogP contribution in [0.3, 0.4) is 0 Å². The monoisotopic (exact) mass is 288 g/mol. The van der Waals surface area contributed by atoms with Crippen molar-refractivity contribution in [3.8, 4) is 11.6 Å². The highest BCUT2D eigenvalue weighted by molar-refractivity contribution is 6.31. The quantitative estimate of drug-likeness (QED) is 0.845. The maximum Gasteiger partial charge on any atom is 0.420 e. The third kappa shape index (κ3) is 3.08. The minimum Gasteiger partial charge on any atom is -0.436 e. The molecule has 2 N–H and O–H groups in total. The van der Waals surface area contributed by atoms with E-state index in [0.29, 0.717) is 0 Å². The van der Waals surface area contributed by atoms with Gasteiger partial charge in [-0.3, -0.25) is 0 Å². The van der Waals surface area contributed by atoms with E-state index in [4.69, 9.17) is 22.1 Å². The smallest absolute Gasteiger partial charge is 0.420 e. The lowest BCUT2D eigenvalue weighted by Gasteiger charge is -2.15. The number of hydrogen-bond acceptors (Lipinski definition) is 3. The van der Waals surface area contributed by atoms with E-state index >= 15 is 0 Å². The molecule has 0 atom stereocenters. The standard InChI is InChI=1S/C12H8ClF3N2O/c13-7-5-8(12(14,15)16)11(9(17)6-7)19-10-3-1-2-4-18-10/h1-6H,17H2. The Morgan fingerprint density at radius 1 is 1.21 bits per heavy atom. The Bertz CT molecular complexity index is 588. The summed E-state index contributed by atoms with van der Waals surface area (Å²) in [5, 5.41) is -0.113. The van der Waals surface area contributed by atoms with E-state index < -0.39 is 17.5 Å². The van der Waals surface area contributed by atoms with E-state index in [1.54, 1.807) is 12.1 Å². The van der Waals surface area contributed by atoms with Crippen LogP contribution in [0.5, 0.6) is 11.6 Å². The van der Waals surface area contributed by atoms with Gasteiger partial charge in [0, 0.05) is 17.3 Å². The van der Waals surface area contributed by atoms with Gasteiger partial charge in [0.15, 0.2) is 5.75 Å². The molecule has 19 heavy (non-hydrogen) atoms. The summed E-state index contributed by atoms with van der Waals surface area (Å²) in [7, 11) is 0. The van der Waals surface area contributed by atoms with Crippen molar-refractivity contribution in [2.45, 2.75) is 6.18 Å². The second-order valence-corrected chi connectivity index (χ2v) is 4.08. The van der Waals surface area contributed by atoms with Gasteiger partial charge in [0.2, 0.25) is 5.88 Å². The highest BCUT2D eigenvalue weighted by atomic mass is 35.5. The van der Waals surface area contributed by atoms with Crippen LogP contribution < -0.4 is 10.5 Å². The van der Waals surface area contributed by atoms with Crippen molar-refractivity contribution in [2.75, 3.05) is 5.73 Å². The summed E-state index contributed by atoms with van der Waals surface area (Å²) in [6.45, 7) is 0. The Hall–Kier alpha value is -1.95. The highest BCUT2D eigenvalue weighted by Gasteiger charge is 2.36. The number of rotatable bonds is 2. The molecular weight excluding hydrogens is 281 g/mol. The Labute approximate surface area is 111 Å². The van der Waals surface area contributed by atoms with Crippen molar-refractivity contribution in [1.82, 2.24) is 4.98 Å². The molecule has 0 radical (unpaired) electrons. The van der Waals surface area contributed by atoms with E-state index in [1.165, 1.54) is 18.3 Å². The largest absolute Gasteiger partial charge is 0.436 e. The van der Waals surface area contributed by atoms with Crippen molar-refractivity contribution in [1.29, 1.82) is 0 Å². The lowest BCUT2D eigenvalue weighted by molar-refractivity contribution is -0.138. The Morgan fingerprint density at radius 3 is 2.53 bits per heavy atom. The van der Waals surface area contributed by atoms with Gasteiger partial charge in [0.1, 0.15) is 5.56 Å². The Kier molecular flexibility index (Phi) is 3.53. The predicted octanol–water partition coefficient (Wildman–Crippen LogP) is 4.13. The number of aromatic nitrogens is 1. The van der Waals surface area contributed by atoms with Gasteiger partial charge in [-0.05, 0) is 18.2 Å². The van der Waals surface area contributed by atoms with Gasteiger partial charge < -0.3 is 10.5 Å². The molecule has 0 amide bonds. The first-order valence-corrected chi connectivity index (χ1v) is 5.51. The molecule has 0 fully saturated rings. The summed E-state index contributed by atoms with van der Waals surface area (Å²) in [5.74, 6) is -0.488. The summed E-state index contributed by atoms with van der Waals surface area (Å²) < 4.78 is 43.8. The normalized spacial score (nSPS) is 11.4. The van der Waals surface area contributed by atoms with E-state index in [9.17, 15) is 13.2 Å². The fraction of sp³-hybridized carbons (Fsp3) is 0.0833. The molecule has 100 valence electrons. The lowest BCUT2D eigenvalue weighted by Crippen LogP contribution is -2.09. The molecule has 3 nitrogen and oxygen atoms in total. The molecular formula is C12H8ClF3N2O. The third-order valence-electron chi connectivity index (χ3n) is 2.23. The van der Waals surface area contributed by atoms with Gasteiger partial charge in [-0.25, -0.2) is 4.98 Å². The molecule has 1 aromatic carbocycles. The fourth-order valence-corrected chi connectivity index (χ4v) is 1.68. The lowest BCUT2D eigenvalue weighted by atomic mass is 10.1. The molecule has 2 aromatic rings. The topological polar surface area (TPSA) is 48.1 Å². The number of benzene rings is 1. The van der Waals surface area contributed by atoms with Crippen LogP contribution in [0, 0.1) is 0 Å². The SMILES string of the molecule is Nc1cc(Cl)cc(C(F)(F)F)c1Oc1ccccn1. The maximum atomic E-state index is 12.9. The first-order valence-electron chi connectivity index (χ1n) is 5.13. The molecule has 0 unspecified atom stereocenters. The molecule has 0 spiro atoms. The zero-order chi connectivity index (χ0) is 14.0. The molecule has 0 saturated heterocycles. The second-order valence-electron chi connectivity index (χ2n) is 3.64. The van der Waals surface area contributed by atoms with Crippen LogP contribution in [0.4, 0.5) is 18.9 Å². The van der Waals surface area contributed by atoms with Crippen LogP contribution in [-0.2, 0) is 6.18 Å². The van der Waals surface area contributed by atoms with Gasteiger partial charge >= 0.3 is 6.18 Å². The van der Waals surface area contributed by atoms with Crippen molar-refractivity contribution in [3.63, 3.8) is 0 Å². The number of pyridine rings is 1. The van der Waals surface area contributed by atoms with Crippen LogP contribution in [0.15, 0.2) is 36.5 Å². The predicted molar refractivity (Wildman–Crippen MR) is 65.2 cm³/mol. The van der Waals surface area contributed by atoms with Crippen LogP contribution >= 0.6 is 11.6 Å². The van der Waals surface area contributed by atoms with E-state index in [2.05, 4.69) is 4.98 Å². The summed E-state index contributed by atoms with van der Waals surface area (Å²) in [6, 6.07) is 6.57. The van der Waals surface area contributed by atoms with E-state index in [0.717, 1.165) is 6.07 Å². The van der Waals surface area contributed by atoms with E-state index in [-0.39, 0.29) is 16.6 Å². The fourth-order valence-electron chi connectivity index (χ4n) is 1.45. The number of nitrogen functional groups attached to an aromatic ring is 1. The van der Waals surface area contributed by atoms with Crippen molar-refractivity contribution >= 4 is 17.3 Å². The van der Waals surface area contributed by atoms with Gasteiger partial charge in [-0.2, -0.15) is 13.2 Å². The minimum atomic E-state index is -4.62. The second kappa shape index (κ2) is 4.97. The molecule has 7 heteroatoms. The molecule has 0 aliphatic carbocycles. The average molecular weight is 289 g/mol. The highest BCUT2D eigenvalue weighted by Crippen LogP contribution is 2.42. The molecule has 1 aromatic heterocycles.